The molecule has 0 heterocycles. The van der Waals surface area contributed by atoms with Crippen molar-refractivity contribution in [1.29, 1.82) is 0 Å². The second-order valence-corrected chi connectivity index (χ2v) is 7.22. The Morgan fingerprint density at radius 1 is 0.857 bits per heavy atom. The van der Waals surface area contributed by atoms with Gasteiger partial charge in [0.05, 0.1) is 0 Å². The Morgan fingerprint density at radius 3 is 1.64 bits per heavy atom. The lowest BCUT2D eigenvalue weighted by molar-refractivity contribution is 0.685. The first-order valence-electron chi connectivity index (χ1n) is 5.31. The van der Waals surface area contributed by atoms with Crippen molar-refractivity contribution in [3.8, 4) is 0 Å². The van der Waals surface area contributed by atoms with E-state index in [4.69, 9.17) is 0 Å². The predicted molar refractivity (Wildman–Crippen MR) is 73.1 cm³/mol. The van der Waals surface area contributed by atoms with E-state index in [9.17, 15) is 4.21 Å². The molecule has 0 aliphatic heterocycles. The van der Waals surface area contributed by atoms with Gasteiger partial charge in [0.25, 0.3) is 0 Å². The Morgan fingerprint density at radius 2 is 1.29 bits per heavy atom. The average Bonchev–Trinajstić information content (AvgIpc) is 2.19. The quantitative estimate of drug-likeness (QED) is 0.558. The molecule has 0 amide bonds. The van der Waals surface area contributed by atoms with E-state index in [-0.39, 0.29) is 0 Å². The van der Waals surface area contributed by atoms with E-state index in [0.717, 1.165) is 23.0 Å². The SMILES string of the molecule is CCCSCCS(=O)CCSCCC. The standard InChI is InChI=1S/C10H22OS3/c1-3-5-12-7-9-14(11)10-8-13-6-4-2/h3-10H2,1-2H3. The Hall–Kier alpha value is 0.850. The van der Waals surface area contributed by atoms with Gasteiger partial charge < -0.3 is 0 Å². The lowest BCUT2D eigenvalue weighted by Crippen LogP contribution is -2.07. The van der Waals surface area contributed by atoms with Crippen molar-refractivity contribution in [2.45, 2.75) is 26.7 Å². The molecule has 0 atom stereocenters. The maximum atomic E-state index is 11.5. The van der Waals surface area contributed by atoms with E-state index in [2.05, 4.69) is 13.8 Å². The van der Waals surface area contributed by atoms with Crippen molar-refractivity contribution in [3.63, 3.8) is 0 Å². The minimum absolute atomic E-state index is 0.569. The molecule has 0 spiro atoms. The van der Waals surface area contributed by atoms with Gasteiger partial charge >= 0.3 is 0 Å². The minimum atomic E-state index is -0.569. The number of hydrogen-bond donors (Lipinski definition) is 0. The number of hydrogen-bond acceptors (Lipinski definition) is 3. The van der Waals surface area contributed by atoms with Crippen LogP contribution in [0.2, 0.25) is 0 Å². The first-order valence-corrected chi connectivity index (χ1v) is 9.11. The van der Waals surface area contributed by atoms with Crippen LogP contribution in [0, 0.1) is 0 Å². The smallest absolute Gasteiger partial charge is 0.0325 e. The zero-order chi connectivity index (χ0) is 10.6. The molecule has 0 fully saturated rings. The van der Waals surface area contributed by atoms with E-state index in [1.165, 1.54) is 24.3 Å². The van der Waals surface area contributed by atoms with Crippen LogP contribution in [0.1, 0.15) is 26.7 Å². The van der Waals surface area contributed by atoms with E-state index >= 15 is 0 Å². The van der Waals surface area contributed by atoms with Crippen molar-refractivity contribution in [2.75, 3.05) is 34.5 Å². The van der Waals surface area contributed by atoms with E-state index in [0.29, 0.717) is 0 Å². The van der Waals surface area contributed by atoms with Gasteiger partial charge in [-0.05, 0) is 24.3 Å². The number of rotatable bonds is 10. The largest absolute Gasteiger partial charge is 0.260 e. The fraction of sp³-hybridized carbons (Fsp3) is 1.00. The van der Waals surface area contributed by atoms with Gasteiger partial charge in [-0.3, -0.25) is 4.21 Å². The van der Waals surface area contributed by atoms with Gasteiger partial charge in [0.1, 0.15) is 0 Å². The molecular formula is C10H22OS3. The molecule has 4 heteroatoms. The fourth-order valence-corrected chi connectivity index (χ4v) is 4.52. The number of thioether (sulfide) groups is 2. The first-order chi connectivity index (χ1) is 6.81. The predicted octanol–water partition coefficient (Wildman–Crippen LogP) is 3.02. The van der Waals surface area contributed by atoms with E-state index in [1.807, 2.05) is 23.5 Å². The molecule has 0 bridgehead atoms. The van der Waals surface area contributed by atoms with Crippen molar-refractivity contribution in [2.24, 2.45) is 0 Å². The molecule has 0 unspecified atom stereocenters. The van der Waals surface area contributed by atoms with Crippen LogP contribution in [0.25, 0.3) is 0 Å². The summed E-state index contributed by atoms with van der Waals surface area (Å²) in [4.78, 5) is 0. The van der Waals surface area contributed by atoms with Crippen LogP contribution in [0.5, 0.6) is 0 Å². The summed E-state index contributed by atoms with van der Waals surface area (Å²) in [7, 11) is -0.569. The molecule has 0 N–H and O–H groups in total. The Labute approximate surface area is 99.6 Å². The van der Waals surface area contributed by atoms with Crippen LogP contribution in [-0.2, 0) is 10.8 Å². The molecule has 86 valence electrons. The summed E-state index contributed by atoms with van der Waals surface area (Å²) in [5.74, 6) is 6.33. The van der Waals surface area contributed by atoms with Crippen molar-refractivity contribution in [3.05, 3.63) is 0 Å². The van der Waals surface area contributed by atoms with Gasteiger partial charge in [-0.2, -0.15) is 23.5 Å². The van der Waals surface area contributed by atoms with Crippen LogP contribution in [-0.4, -0.2) is 38.7 Å². The summed E-state index contributed by atoms with van der Waals surface area (Å²) < 4.78 is 11.5. The minimum Gasteiger partial charge on any atom is -0.260 e. The molecule has 0 aromatic carbocycles. The van der Waals surface area contributed by atoms with Crippen LogP contribution < -0.4 is 0 Å². The lowest BCUT2D eigenvalue weighted by atomic mass is 10.6. The van der Waals surface area contributed by atoms with Gasteiger partial charge in [-0.1, -0.05) is 13.8 Å². The first kappa shape index (κ1) is 14.8. The summed E-state index contributed by atoms with van der Waals surface area (Å²) >= 11 is 3.85. The highest BCUT2D eigenvalue weighted by Crippen LogP contribution is 2.05. The normalized spacial score (nSPS) is 11.1. The molecule has 1 nitrogen and oxygen atoms in total. The second-order valence-electron chi connectivity index (χ2n) is 3.07. The highest BCUT2D eigenvalue weighted by Gasteiger charge is 1.99. The zero-order valence-electron chi connectivity index (χ0n) is 9.29. The van der Waals surface area contributed by atoms with E-state index in [1.54, 1.807) is 0 Å². The van der Waals surface area contributed by atoms with Gasteiger partial charge in [0, 0.05) is 33.8 Å². The molecule has 14 heavy (non-hydrogen) atoms. The van der Waals surface area contributed by atoms with Crippen LogP contribution >= 0.6 is 23.5 Å². The van der Waals surface area contributed by atoms with Crippen molar-refractivity contribution in [1.82, 2.24) is 0 Å². The third-order valence-electron chi connectivity index (χ3n) is 1.61. The molecule has 0 aromatic heterocycles. The molecule has 0 rings (SSSR count). The summed E-state index contributed by atoms with van der Waals surface area (Å²) in [6.07, 6.45) is 2.45. The lowest BCUT2D eigenvalue weighted by Gasteiger charge is -2.01. The molecule has 0 radical (unpaired) electrons. The summed E-state index contributed by atoms with van der Waals surface area (Å²) in [6.45, 7) is 4.37. The van der Waals surface area contributed by atoms with Gasteiger partial charge in [0.15, 0.2) is 0 Å². The molecule has 0 aliphatic carbocycles. The Kier molecular flexibility index (Phi) is 12.6. The van der Waals surface area contributed by atoms with Crippen LogP contribution in [0.4, 0.5) is 0 Å². The molecular weight excluding hydrogens is 232 g/mol. The maximum Gasteiger partial charge on any atom is 0.0325 e. The third kappa shape index (κ3) is 10.9. The molecule has 0 saturated carbocycles. The van der Waals surface area contributed by atoms with Crippen LogP contribution in [0.3, 0.4) is 0 Å². The summed E-state index contributed by atoms with van der Waals surface area (Å²) in [6, 6.07) is 0. The molecule has 0 aliphatic rings. The topological polar surface area (TPSA) is 17.1 Å². The van der Waals surface area contributed by atoms with Crippen molar-refractivity contribution >= 4 is 34.3 Å². The van der Waals surface area contributed by atoms with Gasteiger partial charge in [0.2, 0.25) is 0 Å². The monoisotopic (exact) mass is 254 g/mol. The second kappa shape index (κ2) is 11.9. The summed E-state index contributed by atoms with van der Waals surface area (Å²) in [5, 5.41) is 0. The van der Waals surface area contributed by atoms with E-state index < -0.39 is 10.8 Å². The Balaban J connectivity index is 3.11. The summed E-state index contributed by atoms with van der Waals surface area (Å²) in [5.41, 5.74) is 0. The van der Waals surface area contributed by atoms with Gasteiger partial charge in [-0.25, -0.2) is 0 Å². The highest BCUT2D eigenvalue weighted by molar-refractivity contribution is 8.01. The average molecular weight is 254 g/mol. The van der Waals surface area contributed by atoms with Crippen LogP contribution in [0.15, 0.2) is 0 Å². The zero-order valence-corrected chi connectivity index (χ0v) is 11.7. The van der Waals surface area contributed by atoms with Crippen molar-refractivity contribution < 1.29 is 4.21 Å². The molecule has 0 saturated heterocycles. The maximum absolute atomic E-state index is 11.5. The fourth-order valence-electron chi connectivity index (χ4n) is 0.899. The van der Waals surface area contributed by atoms with Gasteiger partial charge in [-0.15, -0.1) is 0 Å². The molecule has 0 aromatic rings. The Bertz CT molecular complexity index is 125. The third-order valence-corrected chi connectivity index (χ3v) is 5.82. The highest BCUT2D eigenvalue weighted by atomic mass is 32.2.